The van der Waals surface area contributed by atoms with Gasteiger partial charge in [-0.25, -0.2) is 0 Å². The summed E-state index contributed by atoms with van der Waals surface area (Å²) in [7, 11) is 0. The fourth-order valence-corrected chi connectivity index (χ4v) is 3.53. The second kappa shape index (κ2) is 2.95. The lowest BCUT2D eigenvalue weighted by atomic mass is 9.86. The number of aliphatic imine (C=N–C) groups is 1. The van der Waals surface area contributed by atoms with Crippen LogP contribution in [0.3, 0.4) is 0 Å². The van der Waals surface area contributed by atoms with Crippen LogP contribution in [0, 0.1) is 11.8 Å². The largest absolute Gasteiger partial charge is 0.285 e. The average Bonchev–Trinajstić information content (AvgIpc) is 2.75. The summed E-state index contributed by atoms with van der Waals surface area (Å²) in [5.41, 5.74) is 4.81. The zero-order chi connectivity index (χ0) is 9.71. The van der Waals surface area contributed by atoms with Crippen molar-refractivity contribution in [3.8, 4) is 0 Å². The zero-order valence-corrected chi connectivity index (χ0v) is 9.21. The SMILES string of the molecule is CC1=C2CC[C@@H](C)C2=NC2CCCC12. The van der Waals surface area contributed by atoms with E-state index in [-0.39, 0.29) is 0 Å². The van der Waals surface area contributed by atoms with Gasteiger partial charge in [0.05, 0.1) is 6.04 Å². The Labute approximate surface area is 86.3 Å². The minimum atomic E-state index is 0.661. The van der Waals surface area contributed by atoms with Crippen LogP contribution in [0.2, 0.25) is 0 Å². The van der Waals surface area contributed by atoms with Crippen LogP contribution in [-0.2, 0) is 0 Å². The first kappa shape index (κ1) is 8.70. The molecule has 0 bridgehead atoms. The minimum absolute atomic E-state index is 0.661. The molecule has 3 aliphatic rings. The Morgan fingerprint density at radius 1 is 1.21 bits per heavy atom. The number of dihydropyridines is 1. The highest BCUT2D eigenvalue weighted by Crippen LogP contribution is 2.43. The fourth-order valence-electron chi connectivity index (χ4n) is 3.53. The van der Waals surface area contributed by atoms with E-state index in [1.54, 1.807) is 11.1 Å². The van der Waals surface area contributed by atoms with E-state index in [1.165, 1.54) is 37.8 Å². The molecule has 76 valence electrons. The first-order chi connectivity index (χ1) is 6.77. The highest BCUT2D eigenvalue weighted by molar-refractivity contribution is 6.05. The number of nitrogens with zero attached hydrogens (tertiary/aromatic N) is 1. The topological polar surface area (TPSA) is 12.4 Å². The van der Waals surface area contributed by atoms with Crippen molar-refractivity contribution in [2.75, 3.05) is 0 Å². The summed E-state index contributed by atoms with van der Waals surface area (Å²) in [6, 6.07) is 0.661. The molecule has 3 atom stereocenters. The summed E-state index contributed by atoms with van der Waals surface area (Å²) in [5, 5.41) is 0. The fraction of sp³-hybridized carbons (Fsp3) is 0.769. The van der Waals surface area contributed by atoms with Crippen LogP contribution >= 0.6 is 0 Å². The van der Waals surface area contributed by atoms with Crippen molar-refractivity contribution in [3.63, 3.8) is 0 Å². The predicted octanol–water partition coefficient (Wildman–Crippen LogP) is 3.36. The molecular weight excluding hydrogens is 170 g/mol. The average molecular weight is 189 g/mol. The van der Waals surface area contributed by atoms with E-state index in [9.17, 15) is 0 Å². The van der Waals surface area contributed by atoms with Crippen LogP contribution in [-0.4, -0.2) is 11.8 Å². The highest BCUT2D eigenvalue weighted by atomic mass is 14.9. The third kappa shape index (κ3) is 1.04. The Kier molecular flexibility index (Phi) is 1.83. The molecule has 1 aliphatic heterocycles. The van der Waals surface area contributed by atoms with Crippen molar-refractivity contribution in [1.29, 1.82) is 0 Å². The van der Waals surface area contributed by atoms with Crippen LogP contribution in [0.25, 0.3) is 0 Å². The van der Waals surface area contributed by atoms with Crippen molar-refractivity contribution in [2.24, 2.45) is 16.8 Å². The Balaban J connectivity index is 2.05. The van der Waals surface area contributed by atoms with E-state index >= 15 is 0 Å². The maximum atomic E-state index is 5.00. The van der Waals surface area contributed by atoms with Crippen molar-refractivity contribution < 1.29 is 0 Å². The number of hydrogen-bond donors (Lipinski definition) is 0. The molecule has 2 aliphatic carbocycles. The van der Waals surface area contributed by atoms with E-state index in [2.05, 4.69) is 13.8 Å². The van der Waals surface area contributed by atoms with Gasteiger partial charge in [0.15, 0.2) is 0 Å². The molecule has 1 nitrogen and oxygen atoms in total. The number of allylic oxidation sites excluding steroid dienone is 1. The molecule has 2 unspecified atom stereocenters. The molecule has 0 spiro atoms. The molecule has 0 amide bonds. The van der Waals surface area contributed by atoms with Gasteiger partial charge in [0.25, 0.3) is 0 Å². The van der Waals surface area contributed by atoms with E-state index in [0.717, 1.165) is 11.8 Å². The molecule has 0 aromatic heterocycles. The van der Waals surface area contributed by atoms with E-state index in [4.69, 9.17) is 4.99 Å². The summed E-state index contributed by atoms with van der Waals surface area (Å²) in [6.07, 6.45) is 6.77. The van der Waals surface area contributed by atoms with Gasteiger partial charge in [0, 0.05) is 11.6 Å². The summed E-state index contributed by atoms with van der Waals surface area (Å²) >= 11 is 0. The maximum absolute atomic E-state index is 5.00. The summed E-state index contributed by atoms with van der Waals surface area (Å²) in [4.78, 5) is 5.00. The molecule has 0 aromatic carbocycles. The van der Waals surface area contributed by atoms with Crippen LogP contribution < -0.4 is 0 Å². The van der Waals surface area contributed by atoms with Gasteiger partial charge in [-0.3, -0.25) is 4.99 Å². The Hall–Kier alpha value is -0.590. The second-order valence-corrected chi connectivity index (χ2v) is 5.22. The normalized spacial score (nSPS) is 41.0. The Bertz CT molecular complexity index is 324. The molecule has 14 heavy (non-hydrogen) atoms. The minimum Gasteiger partial charge on any atom is -0.285 e. The second-order valence-electron chi connectivity index (χ2n) is 5.22. The van der Waals surface area contributed by atoms with Gasteiger partial charge in [-0.05, 0) is 44.1 Å². The van der Waals surface area contributed by atoms with Gasteiger partial charge in [0.2, 0.25) is 0 Å². The third-order valence-corrected chi connectivity index (χ3v) is 4.42. The van der Waals surface area contributed by atoms with E-state index in [1.807, 2.05) is 0 Å². The van der Waals surface area contributed by atoms with Crippen molar-refractivity contribution >= 4 is 5.71 Å². The molecule has 2 saturated carbocycles. The smallest absolute Gasteiger partial charge is 0.0568 e. The lowest BCUT2D eigenvalue weighted by molar-refractivity contribution is 0.541. The van der Waals surface area contributed by atoms with Crippen molar-refractivity contribution in [1.82, 2.24) is 0 Å². The van der Waals surface area contributed by atoms with Crippen LogP contribution in [0.15, 0.2) is 16.1 Å². The van der Waals surface area contributed by atoms with Crippen LogP contribution in [0.4, 0.5) is 0 Å². The summed E-state index contributed by atoms with van der Waals surface area (Å²) in [5.74, 6) is 1.56. The van der Waals surface area contributed by atoms with Gasteiger partial charge in [-0.1, -0.05) is 18.9 Å². The molecule has 1 heteroatoms. The molecule has 0 radical (unpaired) electrons. The predicted molar refractivity (Wildman–Crippen MR) is 59.7 cm³/mol. The van der Waals surface area contributed by atoms with Gasteiger partial charge >= 0.3 is 0 Å². The monoisotopic (exact) mass is 189 g/mol. The first-order valence-electron chi connectivity index (χ1n) is 6.05. The van der Waals surface area contributed by atoms with Gasteiger partial charge in [-0.15, -0.1) is 0 Å². The Morgan fingerprint density at radius 3 is 2.93 bits per heavy atom. The first-order valence-corrected chi connectivity index (χ1v) is 6.05. The lowest BCUT2D eigenvalue weighted by Gasteiger charge is -2.26. The molecule has 0 N–H and O–H groups in total. The lowest BCUT2D eigenvalue weighted by Crippen LogP contribution is -2.23. The van der Waals surface area contributed by atoms with Gasteiger partial charge < -0.3 is 0 Å². The number of hydrogen-bond acceptors (Lipinski definition) is 1. The van der Waals surface area contributed by atoms with E-state index < -0.39 is 0 Å². The molecule has 1 heterocycles. The summed E-state index contributed by atoms with van der Waals surface area (Å²) in [6.45, 7) is 4.71. The quantitative estimate of drug-likeness (QED) is 0.554. The highest BCUT2D eigenvalue weighted by Gasteiger charge is 2.37. The van der Waals surface area contributed by atoms with E-state index in [0.29, 0.717) is 6.04 Å². The number of fused-ring (bicyclic) bond motifs is 2. The van der Waals surface area contributed by atoms with Crippen LogP contribution in [0.1, 0.15) is 46.0 Å². The Morgan fingerprint density at radius 2 is 2.07 bits per heavy atom. The molecule has 2 fully saturated rings. The van der Waals surface area contributed by atoms with Crippen molar-refractivity contribution in [3.05, 3.63) is 11.1 Å². The maximum Gasteiger partial charge on any atom is 0.0568 e. The summed E-state index contributed by atoms with van der Waals surface area (Å²) < 4.78 is 0. The van der Waals surface area contributed by atoms with Gasteiger partial charge in [0.1, 0.15) is 0 Å². The molecular formula is C13H19N. The standard InChI is InChI=1S/C13H19N/c1-8-6-7-11-9(2)10-4-3-5-12(10)14-13(8)11/h8,10,12H,3-7H2,1-2H3/t8-,10?,12?/m1/s1. The zero-order valence-electron chi connectivity index (χ0n) is 9.21. The third-order valence-electron chi connectivity index (χ3n) is 4.42. The molecule has 3 rings (SSSR count). The molecule has 0 aromatic rings. The van der Waals surface area contributed by atoms with Crippen LogP contribution in [0.5, 0.6) is 0 Å². The van der Waals surface area contributed by atoms with Crippen molar-refractivity contribution in [2.45, 2.75) is 52.0 Å². The van der Waals surface area contributed by atoms with Gasteiger partial charge in [-0.2, -0.15) is 0 Å². The number of rotatable bonds is 0. The molecule has 0 saturated heterocycles.